The van der Waals surface area contributed by atoms with Gasteiger partial charge in [-0.1, -0.05) is 166 Å². The second kappa shape index (κ2) is 43.8. The summed E-state index contributed by atoms with van der Waals surface area (Å²) in [5.74, 6) is -2.34. The number of benzene rings is 4. The molecule has 0 radical (unpaired) electrons. The summed E-state index contributed by atoms with van der Waals surface area (Å²) >= 11 is 0. The van der Waals surface area contributed by atoms with E-state index < -0.39 is 36.5 Å². The van der Waals surface area contributed by atoms with Gasteiger partial charge in [0.1, 0.15) is 12.8 Å². The molecule has 1 aliphatic heterocycles. The van der Waals surface area contributed by atoms with Crippen molar-refractivity contribution in [1.82, 2.24) is 9.80 Å². The van der Waals surface area contributed by atoms with Gasteiger partial charge in [-0.2, -0.15) is 0 Å². The average molecular weight is 1190 g/mol. The van der Waals surface area contributed by atoms with Gasteiger partial charge in [-0.3, -0.25) is 29.0 Å². The van der Waals surface area contributed by atoms with Gasteiger partial charge < -0.3 is 14.9 Å². The van der Waals surface area contributed by atoms with E-state index in [1.165, 1.54) is 35.6 Å². The molecule has 4 amide bonds. The molecule has 49 heavy (non-hydrogen) atoms. The number of hydrogen-bond acceptors (Lipinski definition) is 4. The van der Waals surface area contributed by atoms with E-state index in [0.29, 0.717) is 0 Å². The molecule has 0 bridgehead atoms. The molecule has 1 saturated heterocycles. The van der Waals surface area contributed by atoms with Gasteiger partial charge >= 0.3 is 21.1 Å². The van der Waals surface area contributed by atoms with Crippen molar-refractivity contribution >= 4 is 45.2 Å². The van der Waals surface area contributed by atoms with Crippen LogP contribution in [-0.4, -0.2) is 47.5 Å². The second-order valence-electron chi connectivity index (χ2n) is 7.74. The van der Waals surface area contributed by atoms with Crippen LogP contribution in [0.25, 0.3) is 21.5 Å². The first kappa shape index (κ1) is 65.2. The summed E-state index contributed by atoms with van der Waals surface area (Å²) < 4.78 is 0. The van der Waals surface area contributed by atoms with Crippen molar-refractivity contribution in [1.29, 1.82) is 0 Å². The van der Waals surface area contributed by atoms with Gasteiger partial charge in [-0.15, -0.1) is 0 Å². The fourth-order valence-corrected chi connectivity index (χ4v) is 3.28. The van der Waals surface area contributed by atoms with Gasteiger partial charge in [0, 0.05) is 56.2 Å². The van der Waals surface area contributed by atoms with E-state index in [1.807, 2.05) is 69.2 Å². The smallest absolute Gasteiger partial charge is 0.358 e. The maximum absolute atomic E-state index is 11.2. The number of imide groups is 2. The zero-order valence-electron chi connectivity index (χ0n) is 32.4. The molecule has 1 heterocycles. The Kier molecular flexibility index (Phi) is 58.2. The topological polar surface area (TPSA) is 74.8 Å². The van der Waals surface area contributed by atoms with Gasteiger partial charge in [-0.05, 0) is 21.5 Å². The predicted molar refractivity (Wildman–Crippen MR) is 202 cm³/mol. The Bertz CT molecular complexity index is 1090. The molecule has 0 saturated carbocycles. The molecule has 0 N–H and O–H groups in total. The van der Waals surface area contributed by atoms with E-state index in [9.17, 15) is 19.2 Å². The largest absolute Gasteiger partial charge is 2.00 e. The summed E-state index contributed by atoms with van der Waals surface area (Å²) in [7, 11) is 2.52. The summed E-state index contributed by atoms with van der Waals surface area (Å²) in [6, 6.07) is 33.4. The number of carbonyl (C=O) groups is 4. The third-order valence-electron chi connectivity index (χ3n) is 5.42. The van der Waals surface area contributed by atoms with Crippen LogP contribution >= 0.6 is 0 Å². The van der Waals surface area contributed by atoms with Crippen molar-refractivity contribution in [2.45, 2.75) is 82.1 Å². The number of hydrogen-bond donors (Lipinski definition) is 0. The van der Waals surface area contributed by atoms with E-state index in [4.69, 9.17) is 0 Å². The van der Waals surface area contributed by atoms with Crippen LogP contribution in [0.2, 0.25) is 0 Å². The number of fused-ring (bicyclic) bond motifs is 2. The second-order valence-corrected chi connectivity index (χ2v) is 7.74. The standard InChI is InChI=1S/2C10H8.C8H10N2O4.5C2H6.2CH3.3W/c2*1-2-6-10-8-4-3-7-9(10)5-1;1-9-5(11)3-7(13)10(2)8(14)4-6(9)12;5*1-2;;;;;/h2*1-8H;3-4H2,1-2H3;5*1-2H3;2*1H3;;;/q;;;;;;;;2*-1;;;+2. The SMILES string of the molecule is CC.CC.CC.CC.CC.CN1C(=O)CC(=O)N(C)C(=O)CC1=O.[CH3-].[CH3-].[W+2].[W].[W].c1ccc2ccccc2c1.c1ccc2ccccc2c1. The Hall–Kier alpha value is -2.26. The zero-order valence-corrected chi connectivity index (χ0v) is 41.2. The minimum atomic E-state index is -0.584. The molecule has 4 aromatic carbocycles. The minimum absolute atomic E-state index is 0. The first-order valence-corrected chi connectivity index (χ1v) is 15.8. The fraction of sp³-hybridized carbons (Fsp3) is 0.350. The van der Waals surface area contributed by atoms with Crippen LogP contribution in [0, 0.1) is 14.9 Å². The molecular formula is C40H62N2O4W3. The Morgan fingerprint density at radius 3 is 0.612 bits per heavy atom. The van der Waals surface area contributed by atoms with Gasteiger partial charge in [0.05, 0.1) is 0 Å². The number of amides is 4. The predicted octanol–water partition coefficient (Wildman–Crippen LogP) is 10.5. The van der Waals surface area contributed by atoms with Crippen LogP contribution in [0.15, 0.2) is 97.1 Å². The van der Waals surface area contributed by atoms with Crippen LogP contribution in [-0.2, 0) is 82.4 Å². The van der Waals surface area contributed by atoms with Gasteiger partial charge in [0.25, 0.3) is 0 Å². The van der Waals surface area contributed by atoms with E-state index in [1.54, 1.807) is 0 Å². The van der Waals surface area contributed by atoms with Gasteiger partial charge in [0.2, 0.25) is 23.6 Å². The first-order chi connectivity index (χ1) is 21.4. The quantitative estimate of drug-likeness (QED) is 0.0999. The summed E-state index contributed by atoms with van der Waals surface area (Å²) in [4.78, 5) is 46.4. The van der Waals surface area contributed by atoms with Crippen molar-refractivity contribution in [2.75, 3.05) is 14.1 Å². The fourth-order valence-electron chi connectivity index (χ4n) is 3.28. The monoisotopic (exact) mass is 1190 g/mol. The molecular weight excluding hydrogens is 1120 g/mol. The summed E-state index contributed by atoms with van der Waals surface area (Å²) in [5.41, 5.74) is 0. The van der Waals surface area contributed by atoms with Crippen molar-refractivity contribution in [3.63, 3.8) is 0 Å². The maximum atomic E-state index is 11.2. The van der Waals surface area contributed by atoms with Crippen molar-refractivity contribution in [2.24, 2.45) is 0 Å². The van der Waals surface area contributed by atoms with Crippen LogP contribution < -0.4 is 0 Å². The first-order valence-electron chi connectivity index (χ1n) is 15.8. The van der Waals surface area contributed by atoms with Crippen LogP contribution in [0.3, 0.4) is 0 Å². The number of rotatable bonds is 0. The molecule has 0 atom stereocenters. The minimum Gasteiger partial charge on any atom is -0.358 e. The van der Waals surface area contributed by atoms with E-state index in [2.05, 4.69) is 97.1 Å². The average Bonchev–Trinajstić information content (AvgIpc) is 3.12. The van der Waals surface area contributed by atoms with Crippen molar-refractivity contribution in [3.8, 4) is 0 Å². The number of nitrogens with zero attached hydrogens (tertiary/aromatic N) is 2. The van der Waals surface area contributed by atoms with Crippen LogP contribution in [0.1, 0.15) is 82.1 Å². The molecule has 1 fully saturated rings. The molecule has 0 aromatic heterocycles. The molecule has 274 valence electrons. The third-order valence-corrected chi connectivity index (χ3v) is 5.42. The van der Waals surface area contributed by atoms with Crippen LogP contribution in [0.5, 0.6) is 0 Å². The van der Waals surface area contributed by atoms with Crippen molar-refractivity contribution < 1.29 is 82.4 Å². The van der Waals surface area contributed by atoms with E-state index >= 15 is 0 Å². The normalized spacial score (nSPS) is 10.4. The summed E-state index contributed by atoms with van der Waals surface area (Å²) in [6.07, 6.45) is -0.880. The summed E-state index contributed by atoms with van der Waals surface area (Å²) in [6.45, 7) is 20.0. The summed E-state index contributed by atoms with van der Waals surface area (Å²) in [5, 5.41) is 5.24. The molecule has 4 aromatic rings. The number of carbonyl (C=O) groups excluding carboxylic acids is 4. The molecule has 0 unspecified atom stereocenters. The molecule has 0 aliphatic carbocycles. The molecule has 6 nitrogen and oxygen atoms in total. The van der Waals surface area contributed by atoms with Gasteiger partial charge in [-0.25, -0.2) is 0 Å². The molecule has 5 rings (SSSR count). The van der Waals surface area contributed by atoms with E-state index in [0.717, 1.165) is 9.80 Å². The Balaban J connectivity index is -0.0000000731. The molecule has 0 spiro atoms. The molecule has 1 aliphatic rings. The maximum Gasteiger partial charge on any atom is 2.00 e. The Morgan fingerprint density at radius 1 is 0.367 bits per heavy atom. The Labute approximate surface area is 343 Å². The Morgan fingerprint density at radius 2 is 0.490 bits per heavy atom. The van der Waals surface area contributed by atoms with E-state index in [-0.39, 0.29) is 78.0 Å². The zero-order chi connectivity index (χ0) is 34.5. The van der Waals surface area contributed by atoms with Crippen molar-refractivity contribution in [3.05, 3.63) is 112 Å². The third kappa shape index (κ3) is 26.3. The van der Waals surface area contributed by atoms with Gasteiger partial charge in [0.15, 0.2) is 0 Å². The molecule has 9 heteroatoms. The van der Waals surface area contributed by atoms with Crippen LogP contribution in [0.4, 0.5) is 0 Å².